The SMILES string of the molecule is C=CCCC(=O)NC(Cc1ccccc1)C(=O)OCC#N. The number of nitriles is 1. The first-order valence-electron chi connectivity index (χ1n) is 6.65. The van der Waals surface area contributed by atoms with Crippen LogP contribution in [0.5, 0.6) is 0 Å². The van der Waals surface area contributed by atoms with Crippen LogP contribution in [0.3, 0.4) is 0 Å². The molecule has 5 heteroatoms. The fraction of sp³-hybridized carbons (Fsp3) is 0.312. The maximum atomic E-state index is 11.9. The van der Waals surface area contributed by atoms with Gasteiger partial charge in [-0.15, -0.1) is 6.58 Å². The number of benzene rings is 1. The van der Waals surface area contributed by atoms with Gasteiger partial charge in [0.15, 0.2) is 6.61 Å². The van der Waals surface area contributed by atoms with Gasteiger partial charge in [0.1, 0.15) is 12.1 Å². The summed E-state index contributed by atoms with van der Waals surface area (Å²) in [5, 5.41) is 11.1. The number of carbonyl (C=O) groups excluding carboxylic acids is 2. The Hall–Kier alpha value is -2.61. The number of nitrogens with one attached hydrogen (secondary N) is 1. The van der Waals surface area contributed by atoms with Crippen molar-refractivity contribution in [2.24, 2.45) is 0 Å². The first kappa shape index (κ1) is 16.4. The molecule has 21 heavy (non-hydrogen) atoms. The smallest absolute Gasteiger partial charge is 0.330 e. The van der Waals surface area contributed by atoms with Gasteiger partial charge in [0.05, 0.1) is 0 Å². The van der Waals surface area contributed by atoms with Crippen molar-refractivity contribution in [2.75, 3.05) is 6.61 Å². The first-order valence-corrected chi connectivity index (χ1v) is 6.65. The average molecular weight is 286 g/mol. The third-order valence-corrected chi connectivity index (χ3v) is 2.76. The molecule has 0 aliphatic rings. The molecule has 0 aliphatic carbocycles. The molecule has 1 atom stereocenters. The summed E-state index contributed by atoms with van der Waals surface area (Å²) >= 11 is 0. The van der Waals surface area contributed by atoms with Gasteiger partial charge in [-0.05, 0) is 12.0 Å². The fourth-order valence-electron chi connectivity index (χ4n) is 1.75. The number of allylic oxidation sites excluding steroid dienone is 1. The highest BCUT2D eigenvalue weighted by Crippen LogP contribution is 2.05. The Morgan fingerprint density at radius 2 is 2.10 bits per heavy atom. The summed E-state index contributed by atoms with van der Waals surface area (Å²) in [6.07, 6.45) is 2.77. The topological polar surface area (TPSA) is 79.2 Å². The highest BCUT2D eigenvalue weighted by molar-refractivity contribution is 5.84. The highest BCUT2D eigenvalue weighted by Gasteiger charge is 2.22. The van der Waals surface area contributed by atoms with Gasteiger partial charge in [-0.1, -0.05) is 36.4 Å². The number of ether oxygens (including phenoxy) is 1. The summed E-state index contributed by atoms with van der Waals surface area (Å²) in [5.41, 5.74) is 0.903. The Morgan fingerprint density at radius 1 is 1.38 bits per heavy atom. The van der Waals surface area contributed by atoms with E-state index < -0.39 is 12.0 Å². The quantitative estimate of drug-likeness (QED) is 0.583. The molecular weight excluding hydrogens is 268 g/mol. The molecule has 1 aromatic carbocycles. The minimum Gasteiger partial charge on any atom is -0.449 e. The molecule has 1 N–H and O–H groups in total. The van der Waals surface area contributed by atoms with Crippen LogP contribution in [0.15, 0.2) is 43.0 Å². The second-order valence-electron chi connectivity index (χ2n) is 4.40. The van der Waals surface area contributed by atoms with Crippen molar-refractivity contribution in [1.29, 1.82) is 5.26 Å². The molecule has 0 saturated carbocycles. The van der Waals surface area contributed by atoms with E-state index in [2.05, 4.69) is 11.9 Å². The second kappa shape index (κ2) is 9.32. The molecule has 0 fully saturated rings. The van der Waals surface area contributed by atoms with Crippen LogP contribution in [0.25, 0.3) is 0 Å². The van der Waals surface area contributed by atoms with Gasteiger partial charge in [-0.2, -0.15) is 5.26 Å². The van der Waals surface area contributed by atoms with Crippen molar-refractivity contribution in [3.63, 3.8) is 0 Å². The maximum Gasteiger partial charge on any atom is 0.330 e. The van der Waals surface area contributed by atoms with E-state index in [1.807, 2.05) is 30.3 Å². The normalized spacial score (nSPS) is 11.0. The Kier molecular flexibility index (Phi) is 7.30. The molecule has 0 heterocycles. The zero-order valence-electron chi connectivity index (χ0n) is 11.7. The lowest BCUT2D eigenvalue weighted by Gasteiger charge is -2.17. The van der Waals surface area contributed by atoms with E-state index in [0.717, 1.165) is 5.56 Å². The minimum atomic E-state index is -0.793. The lowest BCUT2D eigenvalue weighted by atomic mass is 10.1. The largest absolute Gasteiger partial charge is 0.449 e. The third kappa shape index (κ3) is 6.39. The standard InChI is InChI=1S/C16H18N2O3/c1-2-3-9-15(19)18-14(16(20)21-11-10-17)12-13-7-5-4-6-8-13/h2,4-8,14H,1,3,9,11-12H2,(H,18,19). The van der Waals surface area contributed by atoms with Crippen molar-refractivity contribution in [1.82, 2.24) is 5.32 Å². The summed E-state index contributed by atoms with van der Waals surface area (Å²) in [4.78, 5) is 23.7. The molecule has 1 unspecified atom stereocenters. The molecular formula is C16H18N2O3. The van der Waals surface area contributed by atoms with Crippen LogP contribution in [-0.4, -0.2) is 24.5 Å². The molecule has 1 rings (SSSR count). The Morgan fingerprint density at radius 3 is 2.71 bits per heavy atom. The van der Waals surface area contributed by atoms with Gasteiger partial charge < -0.3 is 10.1 Å². The van der Waals surface area contributed by atoms with Crippen LogP contribution >= 0.6 is 0 Å². The zero-order valence-corrected chi connectivity index (χ0v) is 11.7. The fourth-order valence-corrected chi connectivity index (χ4v) is 1.75. The van der Waals surface area contributed by atoms with Crippen molar-refractivity contribution < 1.29 is 14.3 Å². The van der Waals surface area contributed by atoms with Crippen LogP contribution in [-0.2, 0) is 20.7 Å². The molecule has 0 aliphatic heterocycles. The third-order valence-electron chi connectivity index (χ3n) is 2.76. The summed E-state index contributed by atoms with van der Waals surface area (Å²) in [7, 11) is 0. The molecule has 0 spiro atoms. The Balaban J connectivity index is 2.69. The first-order chi connectivity index (χ1) is 10.2. The number of nitrogens with zero attached hydrogens (tertiary/aromatic N) is 1. The van der Waals surface area contributed by atoms with E-state index in [-0.39, 0.29) is 18.9 Å². The van der Waals surface area contributed by atoms with Gasteiger partial charge >= 0.3 is 5.97 Å². The highest BCUT2D eigenvalue weighted by atomic mass is 16.5. The Bertz CT molecular complexity index is 520. The van der Waals surface area contributed by atoms with E-state index in [0.29, 0.717) is 12.8 Å². The summed E-state index contributed by atoms with van der Waals surface area (Å²) in [6.45, 7) is 3.22. The summed E-state index contributed by atoms with van der Waals surface area (Å²) < 4.78 is 4.80. The number of esters is 1. The van der Waals surface area contributed by atoms with Crippen molar-refractivity contribution >= 4 is 11.9 Å². The summed E-state index contributed by atoms with van der Waals surface area (Å²) in [6, 6.07) is 10.2. The zero-order chi connectivity index (χ0) is 15.5. The average Bonchev–Trinajstić information content (AvgIpc) is 2.51. The van der Waals surface area contributed by atoms with Crippen molar-refractivity contribution in [3.8, 4) is 6.07 Å². The number of hydrogen-bond acceptors (Lipinski definition) is 4. The van der Waals surface area contributed by atoms with E-state index >= 15 is 0 Å². The van der Waals surface area contributed by atoms with Gasteiger partial charge in [0.2, 0.25) is 5.91 Å². The number of hydrogen-bond donors (Lipinski definition) is 1. The predicted molar refractivity (Wildman–Crippen MR) is 78.1 cm³/mol. The second-order valence-corrected chi connectivity index (χ2v) is 4.40. The number of rotatable bonds is 8. The van der Waals surface area contributed by atoms with Crippen molar-refractivity contribution in [2.45, 2.75) is 25.3 Å². The van der Waals surface area contributed by atoms with E-state index in [1.54, 1.807) is 12.1 Å². The molecule has 0 saturated heterocycles. The van der Waals surface area contributed by atoms with Crippen LogP contribution in [0.1, 0.15) is 18.4 Å². The van der Waals surface area contributed by atoms with Gasteiger partial charge in [-0.25, -0.2) is 4.79 Å². The van der Waals surface area contributed by atoms with Crippen LogP contribution in [0.4, 0.5) is 0 Å². The lowest BCUT2D eigenvalue weighted by Crippen LogP contribution is -2.43. The van der Waals surface area contributed by atoms with Gasteiger partial charge in [0.25, 0.3) is 0 Å². The molecule has 1 aromatic rings. The van der Waals surface area contributed by atoms with Crippen LogP contribution in [0, 0.1) is 11.3 Å². The molecule has 0 aromatic heterocycles. The van der Waals surface area contributed by atoms with E-state index in [4.69, 9.17) is 10.00 Å². The molecule has 110 valence electrons. The maximum absolute atomic E-state index is 11.9. The van der Waals surface area contributed by atoms with Gasteiger partial charge in [-0.3, -0.25) is 4.79 Å². The van der Waals surface area contributed by atoms with E-state index in [1.165, 1.54) is 0 Å². The molecule has 0 radical (unpaired) electrons. The minimum absolute atomic E-state index is 0.246. The lowest BCUT2D eigenvalue weighted by molar-refractivity contribution is -0.146. The monoisotopic (exact) mass is 286 g/mol. The van der Waals surface area contributed by atoms with Crippen LogP contribution < -0.4 is 5.32 Å². The Labute approximate surface area is 124 Å². The number of amides is 1. The molecule has 0 bridgehead atoms. The number of carbonyl (C=O) groups is 2. The summed E-state index contributed by atoms with van der Waals surface area (Å²) in [5.74, 6) is -0.850. The van der Waals surface area contributed by atoms with E-state index in [9.17, 15) is 9.59 Å². The molecule has 5 nitrogen and oxygen atoms in total. The predicted octanol–water partition coefficient (Wildman–Crippen LogP) is 1.75. The van der Waals surface area contributed by atoms with Crippen LogP contribution in [0.2, 0.25) is 0 Å². The van der Waals surface area contributed by atoms with Gasteiger partial charge in [0, 0.05) is 12.8 Å². The molecule has 1 amide bonds. The van der Waals surface area contributed by atoms with Crippen molar-refractivity contribution in [3.05, 3.63) is 48.6 Å².